The Morgan fingerprint density at radius 3 is 2.61 bits per heavy atom. The number of benzene rings is 1. The van der Waals surface area contributed by atoms with E-state index in [4.69, 9.17) is 10.5 Å². The quantitative estimate of drug-likeness (QED) is 0.919. The number of para-hydroxylation sites is 1. The van der Waals surface area contributed by atoms with Crippen molar-refractivity contribution in [1.29, 1.82) is 0 Å². The molecule has 3 rings (SSSR count). The molecule has 0 spiro atoms. The minimum Gasteiger partial charge on any atom is -0.494 e. The minimum atomic E-state index is 0.547. The first-order valence-corrected chi connectivity index (χ1v) is 8.24. The van der Waals surface area contributed by atoms with Gasteiger partial charge >= 0.3 is 0 Å². The van der Waals surface area contributed by atoms with Gasteiger partial charge in [-0.2, -0.15) is 0 Å². The third-order valence-corrected chi connectivity index (χ3v) is 4.32. The number of hydrogen-bond donors (Lipinski definition) is 1. The van der Waals surface area contributed by atoms with Crippen LogP contribution in [0.4, 0.5) is 11.6 Å². The topological polar surface area (TPSA) is 64.3 Å². The van der Waals surface area contributed by atoms with Gasteiger partial charge in [-0.05, 0) is 44.2 Å². The fourth-order valence-corrected chi connectivity index (χ4v) is 3.05. The lowest BCUT2D eigenvalue weighted by molar-refractivity contribution is 0.258. The van der Waals surface area contributed by atoms with Gasteiger partial charge < -0.3 is 15.4 Å². The van der Waals surface area contributed by atoms with Gasteiger partial charge in [-0.25, -0.2) is 9.97 Å². The van der Waals surface area contributed by atoms with Crippen LogP contribution in [0.3, 0.4) is 0 Å². The summed E-state index contributed by atoms with van der Waals surface area (Å²) in [6.45, 7) is 4.71. The molecule has 0 radical (unpaired) electrons. The number of nitrogens with two attached hydrogens (primary N) is 1. The van der Waals surface area contributed by atoms with Crippen molar-refractivity contribution in [2.24, 2.45) is 5.92 Å². The smallest absolute Gasteiger partial charge is 0.134 e. The van der Waals surface area contributed by atoms with Crippen molar-refractivity contribution in [2.45, 2.75) is 26.2 Å². The molecular formula is C18H24N4O. The average molecular weight is 312 g/mol. The van der Waals surface area contributed by atoms with Crippen LogP contribution in [-0.2, 0) is 0 Å². The molecule has 0 atom stereocenters. The molecule has 1 fully saturated rings. The molecular weight excluding hydrogens is 288 g/mol. The Bertz CT molecular complexity index is 604. The highest BCUT2D eigenvalue weighted by atomic mass is 16.5. The summed E-state index contributed by atoms with van der Waals surface area (Å²) in [7, 11) is 0. The molecule has 1 aromatic heterocycles. The summed E-state index contributed by atoms with van der Waals surface area (Å²) >= 11 is 0. The zero-order chi connectivity index (χ0) is 16.1. The molecule has 5 heteroatoms. The van der Waals surface area contributed by atoms with Gasteiger partial charge in [0.15, 0.2) is 0 Å². The average Bonchev–Trinajstić information content (AvgIpc) is 2.56. The minimum absolute atomic E-state index is 0.547. The molecule has 5 nitrogen and oxygen atoms in total. The van der Waals surface area contributed by atoms with Gasteiger partial charge in [0, 0.05) is 19.2 Å². The first kappa shape index (κ1) is 15.6. The number of piperidine rings is 1. The van der Waals surface area contributed by atoms with Gasteiger partial charge in [-0.15, -0.1) is 0 Å². The third kappa shape index (κ3) is 4.34. The highest BCUT2D eigenvalue weighted by Crippen LogP contribution is 2.25. The molecule has 2 aromatic rings. The molecule has 1 aliphatic rings. The van der Waals surface area contributed by atoms with Gasteiger partial charge in [0.05, 0.1) is 6.61 Å². The number of aryl methyl sites for hydroxylation is 1. The van der Waals surface area contributed by atoms with E-state index in [1.807, 2.05) is 43.3 Å². The Balaban J connectivity index is 1.45. The van der Waals surface area contributed by atoms with Crippen molar-refractivity contribution in [1.82, 2.24) is 9.97 Å². The lowest BCUT2D eigenvalue weighted by Gasteiger charge is -2.33. The van der Waals surface area contributed by atoms with Crippen molar-refractivity contribution in [2.75, 3.05) is 30.3 Å². The van der Waals surface area contributed by atoms with Crippen LogP contribution in [0.15, 0.2) is 36.4 Å². The molecule has 23 heavy (non-hydrogen) atoms. The van der Waals surface area contributed by atoms with Crippen LogP contribution in [0.1, 0.15) is 25.1 Å². The maximum Gasteiger partial charge on any atom is 0.134 e. The van der Waals surface area contributed by atoms with E-state index in [9.17, 15) is 0 Å². The van der Waals surface area contributed by atoms with E-state index in [1.165, 1.54) is 12.8 Å². The number of nitrogen functional groups attached to an aromatic ring is 1. The van der Waals surface area contributed by atoms with Crippen molar-refractivity contribution >= 4 is 11.6 Å². The predicted octanol–water partition coefficient (Wildman–Crippen LogP) is 3.05. The Labute approximate surface area is 137 Å². The summed E-state index contributed by atoms with van der Waals surface area (Å²) in [6, 6.07) is 11.9. The van der Waals surface area contributed by atoms with Gasteiger partial charge in [0.2, 0.25) is 0 Å². The molecule has 2 heterocycles. The number of anilines is 2. The van der Waals surface area contributed by atoms with E-state index in [2.05, 4.69) is 14.9 Å². The molecule has 0 amide bonds. The van der Waals surface area contributed by atoms with Crippen molar-refractivity contribution in [3.63, 3.8) is 0 Å². The van der Waals surface area contributed by atoms with Crippen LogP contribution in [0.2, 0.25) is 0 Å². The molecule has 0 unspecified atom stereocenters. The monoisotopic (exact) mass is 312 g/mol. The lowest BCUT2D eigenvalue weighted by Crippen LogP contribution is -2.35. The first-order valence-electron chi connectivity index (χ1n) is 8.24. The van der Waals surface area contributed by atoms with Gasteiger partial charge in [-0.3, -0.25) is 0 Å². The number of nitrogens with zero attached hydrogens (tertiary/aromatic N) is 3. The van der Waals surface area contributed by atoms with Crippen LogP contribution < -0.4 is 15.4 Å². The Morgan fingerprint density at radius 1 is 1.17 bits per heavy atom. The van der Waals surface area contributed by atoms with E-state index in [1.54, 1.807) is 0 Å². The molecule has 1 aliphatic heterocycles. The molecule has 0 aliphatic carbocycles. The molecule has 0 bridgehead atoms. The van der Waals surface area contributed by atoms with Crippen LogP contribution in [0, 0.1) is 12.8 Å². The van der Waals surface area contributed by atoms with Gasteiger partial charge in [0.25, 0.3) is 0 Å². The lowest BCUT2D eigenvalue weighted by atomic mass is 9.94. The summed E-state index contributed by atoms with van der Waals surface area (Å²) in [5.41, 5.74) is 5.82. The van der Waals surface area contributed by atoms with Crippen molar-refractivity contribution in [3.05, 3.63) is 42.2 Å². The van der Waals surface area contributed by atoms with Crippen molar-refractivity contribution in [3.8, 4) is 5.75 Å². The van der Waals surface area contributed by atoms with E-state index in [-0.39, 0.29) is 0 Å². The summed E-state index contributed by atoms with van der Waals surface area (Å²) in [6.07, 6.45) is 3.44. The zero-order valence-electron chi connectivity index (χ0n) is 13.6. The van der Waals surface area contributed by atoms with E-state index in [0.29, 0.717) is 5.82 Å². The normalized spacial score (nSPS) is 15.6. The highest BCUT2D eigenvalue weighted by Gasteiger charge is 2.20. The van der Waals surface area contributed by atoms with E-state index in [0.717, 1.165) is 49.4 Å². The predicted molar refractivity (Wildman–Crippen MR) is 92.7 cm³/mol. The van der Waals surface area contributed by atoms with Crippen LogP contribution >= 0.6 is 0 Å². The SMILES string of the molecule is Cc1nc(N)cc(N2CCC(CCOc3ccccc3)CC2)n1. The van der Waals surface area contributed by atoms with E-state index >= 15 is 0 Å². The number of hydrogen-bond acceptors (Lipinski definition) is 5. The summed E-state index contributed by atoms with van der Waals surface area (Å²) in [5, 5.41) is 0. The molecule has 1 saturated heterocycles. The zero-order valence-corrected chi connectivity index (χ0v) is 13.6. The van der Waals surface area contributed by atoms with Crippen LogP contribution in [0.5, 0.6) is 5.75 Å². The maximum absolute atomic E-state index is 5.82. The largest absolute Gasteiger partial charge is 0.494 e. The van der Waals surface area contributed by atoms with E-state index < -0.39 is 0 Å². The Kier molecular flexibility index (Phi) is 4.95. The standard InChI is InChI=1S/C18H24N4O/c1-14-20-17(19)13-18(21-14)22-10-7-15(8-11-22)9-12-23-16-5-3-2-4-6-16/h2-6,13,15H,7-12H2,1H3,(H2,19,20,21). The maximum atomic E-state index is 5.82. The third-order valence-electron chi connectivity index (χ3n) is 4.32. The summed E-state index contributed by atoms with van der Waals surface area (Å²) in [4.78, 5) is 10.9. The van der Waals surface area contributed by atoms with Crippen LogP contribution in [-0.4, -0.2) is 29.7 Å². The van der Waals surface area contributed by atoms with Crippen LogP contribution in [0.25, 0.3) is 0 Å². The highest BCUT2D eigenvalue weighted by molar-refractivity contribution is 5.47. The van der Waals surface area contributed by atoms with Gasteiger partial charge in [0.1, 0.15) is 23.2 Å². The fraction of sp³-hybridized carbons (Fsp3) is 0.444. The summed E-state index contributed by atoms with van der Waals surface area (Å²) < 4.78 is 5.80. The fourth-order valence-electron chi connectivity index (χ4n) is 3.05. The molecule has 122 valence electrons. The first-order chi connectivity index (χ1) is 11.2. The van der Waals surface area contributed by atoms with Crippen molar-refractivity contribution < 1.29 is 4.74 Å². The molecule has 0 saturated carbocycles. The number of rotatable bonds is 5. The Morgan fingerprint density at radius 2 is 1.91 bits per heavy atom. The number of ether oxygens (including phenoxy) is 1. The Hall–Kier alpha value is -2.30. The second kappa shape index (κ2) is 7.31. The summed E-state index contributed by atoms with van der Waals surface area (Å²) in [5.74, 6) is 3.91. The second-order valence-electron chi connectivity index (χ2n) is 6.08. The molecule has 2 N–H and O–H groups in total. The molecule has 1 aromatic carbocycles. The van der Waals surface area contributed by atoms with Gasteiger partial charge in [-0.1, -0.05) is 18.2 Å². The second-order valence-corrected chi connectivity index (χ2v) is 6.08. The number of aromatic nitrogens is 2.